The number of esters is 1. The molecule has 0 aliphatic carbocycles. The summed E-state index contributed by atoms with van der Waals surface area (Å²) in [4.78, 5) is 23.1. The lowest BCUT2D eigenvalue weighted by Gasteiger charge is -2.09. The van der Waals surface area contributed by atoms with Crippen molar-refractivity contribution in [3.05, 3.63) is 35.6 Å². The number of ketones is 1. The van der Waals surface area contributed by atoms with Crippen LogP contribution < -0.4 is 0 Å². The monoisotopic (exact) mass is 252 g/mol. The Labute approximate surface area is 106 Å². The SMILES string of the molecule is CCOC(=O)CCC(C)C(=O)c1ccc(F)cc1. The van der Waals surface area contributed by atoms with Crippen LogP contribution in [0.2, 0.25) is 0 Å². The van der Waals surface area contributed by atoms with Crippen LogP contribution in [0.3, 0.4) is 0 Å². The van der Waals surface area contributed by atoms with Gasteiger partial charge in [-0.15, -0.1) is 0 Å². The molecule has 0 saturated heterocycles. The van der Waals surface area contributed by atoms with E-state index in [-0.39, 0.29) is 29.9 Å². The summed E-state index contributed by atoms with van der Waals surface area (Å²) in [7, 11) is 0. The van der Waals surface area contributed by atoms with Crippen LogP contribution in [-0.2, 0) is 9.53 Å². The fourth-order valence-electron chi connectivity index (χ4n) is 1.60. The van der Waals surface area contributed by atoms with Crippen molar-refractivity contribution in [2.24, 2.45) is 5.92 Å². The number of carbonyl (C=O) groups excluding carboxylic acids is 2. The number of Topliss-reactive ketones (excluding diaryl/α,β-unsaturated/α-hetero) is 1. The molecule has 0 heterocycles. The summed E-state index contributed by atoms with van der Waals surface area (Å²) in [5.74, 6) is -1.03. The predicted octanol–water partition coefficient (Wildman–Crippen LogP) is 2.99. The van der Waals surface area contributed by atoms with E-state index in [1.54, 1.807) is 13.8 Å². The Kier molecular flexibility index (Phi) is 5.49. The van der Waals surface area contributed by atoms with Crippen molar-refractivity contribution in [2.45, 2.75) is 26.7 Å². The molecule has 4 heteroatoms. The third-order valence-corrected chi connectivity index (χ3v) is 2.66. The second-order valence-electron chi connectivity index (χ2n) is 4.12. The fraction of sp³-hybridized carbons (Fsp3) is 0.429. The van der Waals surface area contributed by atoms with Crippen molar-refractivity contribution in [3.8, 4) is 0 Å². The van der Waals surface area contributed by atoms with E-state index in [9.17, 15) is 14.0 Å². The van der Waals surface area contributed by atoms with Gasteiger partial charge in [-0.25, -0.2) is 4.39 Å². The summed E-state index contributed by atoms with van der Waals surface area (Å²) in [6.45, 7) is 3.84. The second-order valence-corrected chi connectivity index (χ2v) is 4.12. The topological polar surface area (TPSA) is 43.4 Å². The fourth-order valence-corrected chi connectivity index (χ4v) is 1.60. The highest BCUT2D eigenvalue weighted by Gasteiger charge is 2.16. The van der Waals surface area contributed by atoms with E-state index in [4.69, 9.17) is 4.74 Å². The van der Waals surface area contributed by atoms with Gasteiger partial charge in [-0.2, -0.15) is 0 Å². The average molecular weight is 252 g/mol. The standard InChI is InChI=1S/C14H17FO3/c1-3-18-13(16)9-4-10(2)14(17)11-5-7-12(15)8-6-11/h5-8,10H,3-4,9H2,1-2H3. The van der Waals surface area contributed by atoms with Crippen molar-refractivity contribution in [1.29, 1.82) is 0 Å². The minimum atomic E-state index is -0.370. The Hall–Kier alpha value is -1.71. The van der Waals surface area contributed by atoms with Gasteiger partial charge in [0.05, 0.1) is 6.61 Å². The van der Waals surface area contributed by atoms with Crippen LogP contribution in [0.15, 0.2) is 24.3 Å². The zero-order valence-electron chi connectivity index (χ0n) is 10.6. The van der Waals surface area contributed by atoms with Crippen molar-refractivity contribution in [1.82, 2.24) is 0 Å². The van der Waals surface area contributed by atoms with Crippen LogP contribution in [-0.4, -0.2) is 18.4 Å². The number of halogens is 1. The van der Waals surface area contributed by atoms with Crippen molar-refractivity contribution < 1.29 is 18.7 Å². The molecule has 1 aromatic carbocycles. The molecule has 0 amide bonds. The molecule has 0 aliphatic rings. The third-order valence-electron chi connectivity index (χ3n) is 2.66. The Balaban J connectivity index is 2.51. The van der Waals surface area contributed by atoms with E-state index in [2.05, 4.69) is 0 Å². The van der Waals surface area contributed by atoms with E-state index >= 15 is 0 Å². The third kappa shape index (κ3) is 4.28. The van der Waals surface area contributed by atoms with Crippen LogP contribution in [0, 0.1) is 11.7 Å². The highest BCUT2D eigenvalue weighted by molar-refractivity contribution is 5.97. The number of ether oxygens (including phenoxy) is 1. The van der Waals surface area contributed by atoms with E-state index in [0.717, 1.165) is 0 Å². The molecular formula is C14H17FO3. The first kappa shape index (κ1) is 14.4. The Morgan fingerprint density at radius 3 is 2.44 bits per heavy atom. The minimum absolute atomic E-state index is 0.0840. The molecule has 0 fully saturated rings. The molecule has 0 aromatic heterocycles. The molecule has 1 rings (SSSR count). The number of carbonyl (C=O) groups is 2. The lowest BCUT2D eigenvalue weighted by Crippen LogP contribution is -2.14. The predicted molar refractivity (Wildman–Crippen MR) is 65.8 cm³/mol. The minimum Gasteiger partial charge on any atom is -0.466 e. The van der Waals surface area contributed by atoms with E-state index in [1.165, 1.54) is 24.3 Å². The van der Waals surface area contributed by atoms with Gasteiger partial charge in [0.15, 0.2) is 5.78 Å². The van der Waals surface area contributed by atoms with Crippen molar-refractivity contribution in [3.63, 3.8) is 0 Å². The van der Waals surface area contributed by atoms with E-state index in [0.29, 0.717) is 18.6 Å². The molecule has 98 valence electrons. The van der Waals surface area contributed by atoms with Gasteiger partial charge in [-0.1, -0.05) is 6.92 Å². The molecule has 3 nitrogen and oxygen atoms in total. The first-order valence-corrected chi connectivity index (χ1v) is 6.00. The van der Waals surface area contributed by atoms with Crippen LogP contribution in [0.4, 0.5) is 4.39 Å². The van der Waals surface area contributed by atoms with Crippen molar-refractivity contribution >= 4 is 11.8 Å². The highest BCUT2D eigenvalue weighted by atomic mass is 19.1. The molecule has 0 radical (unpaired) electrons. The Morgan fingerprint density at radius 1 is 1.28 bits per heavy atom. The molecule has 1 aromatic rings. The number of hydrogen-bond acceptors (Lipinski definition) is 3. The molecule has 1 unspecified atom stereocenters. The molecule has 0 aliphatic heterocycles. The lowest BCUT2D eigenvalue weighted by atomic mass is 9.95. The zero-order chi connectivity index (χ0) is 13.5. The maximum atomic E-state index is 12.7. The molecule has 0 saturated carbocycles. The number of rotatable bonds is 6. The van der Waals surface area contributed by atoms with Crippen LogP contribution in [0.25, 0.3) is 0 Å². The van der Waals surface area contributed by atoms with Gasteiger partial charge in [0.1, 0.15) is 5.82 Å². The molecular weight excluding hydrogens is 235 g/mol. The van der Waals surface area contributed by atoms with Gasteiger partial charge in [0.25, 0.3) is 0 Å². The van der Waals surface area contributed by atoms with E-state index in [1.807, 2.05) is 0 Å². The summed E-state index contributed by atoms with van der Waals surface area (Å²) in [6, 6.07) is 5.42. The van der Waals surface area contributed by atoms with Gasteiger partial charge >= 0.3 is 5.97 Å². The molecule has 1 atom stereocenters. The second kappa shape index (κ2) is 6.89. The van der Waals surface area contributed by atoms with Crippen LogP contribution >= 0.6 is 0 Å². The van der Waals surface area contributed by atoms with Gasteiger partial charge in [0.2, 0.25) is 0 Å². The first-order valence-electron chi connectivity index (χ1n) is 6.00. The summed E-state index contributed by atoms with van der Waals surface area (Å²) in [6.07, 6.45) is 0.664. The quantitative estimate of drug-likeness (QED) is 0.577. The normalized spacial score (nSPS) is 11.9. The maximum Gasteiger partial charge on any atom is 0.305 e. The van der Waals surface area contributed by atoms with Gasteiger partial charge in [-0.3, -0.25) is 9.59 Å². The Morgan fingerprint density at radius 2 is 1.89 bits per heavy atom. The highest BCUT2D eigenvalue weighted by Crippen LogP contribution is 2.14. The summed E-state index contributed by atoms with van der Waals surface area (Å²) in [5.41, 5.74) is 0.466. The summed E-state index contributed by atoms with van der Waals surface area (Å²) < 4.78 is 17.5. The maximum absolute atomic E-state index is 12.7. The van der Waals surface area contributed by atoms with Crippen LogP contribution in [0.1, 0.15) is 37.0 Å². The smallest absolute Gasteiger partial charge is 0.305 e. The lowest BCUT2D eigenvalue weighted by molar-refractivity contribution is -0.143. The number of benzene rings is 1. The van der Waals surface area contributed by atoms with Crippen LogP contribution in [0.5, 0.6) is 0 Å². The summed E-state index contributed by atoms with van der Waals surface area (Å²) >= 11 is 0. The Bertz CT molecular complexity index is 412. The van der Waals surface area contributed by atoms with Gasteiger partial charge < -0.3 is 4.74 Å². The molecule has 0 N–H and O–H groups in total. The molecule has 18 heavy (non-hydrogen) atoms. The van der Waals surface area contributed by atoms with E-state index < -0.39 is 0 Å². The number of hydrogen-bond donors (Lipinski definition) is 0. The van der Waals surface area contributed by atoms with Gasteiger partial charge in [-0.05, 0) is 37.6 Å². The molecule has 0 spiro atoms. The molecule has 0 bridgehead atoms. The summed E-state index contributed by atoms with van der Waals surface area (Å²) in [5, 5.41) is 0. The zero-order valence-corrected chi connectivity index (χ0v) is 10.6. The van der Waals surface area contributed by atoms with Gasteiger partial charge in [0, 0.05) is 17.9 Å². The largest absolute Gasteiger partial charge is 0.466 e. The first-order chi connectivity index (χ1) is 8.54. The van der Waals surface area contributed by atoms with Crippen molar-refractivity contribution in [2.75, 3.05) is 6.61 Å². The average Bonchev–Trinajstić information content (AvgIpc) is 2.36.